The van der Waals surface area contributed by atoms with E-state index in [1.54, 1.807) is 11.0 Å². The van der Waals surface area contributed by atoms with E-state index in [0.717, 1.165) is 18.7 Å². The Morgan fingerprint density at radius 3 is 2.83 bits per heavy atom. The first-order valence-electron chi connectivity index (χ1n) is 7.75. The van der Waals surface area contributed by atoms with Crippen molar-refractivity contribution in [2.24, 2.45) is 0 Å². The van der Waals surface area contributed by atoms with Crippen LogP contribution in [0.15, 0.2) is 23.9 Å². The molecule has 1 aromatic rings. The summed E-state index contributed by atoms with van der Waals surface area (Å²) in [5.41, 5.74) is 1.32. The van der Waals surface area contributed by atoms with Crippen molar-refractivity contribution in [3.05, 3.63) is 29.5 Å². The van der Waals surface area contributed by atoms with Gasteiger partial charge in [-0.1, -0.05) is 6.07 Å². The summed E-state index contributed by atoms with van der Waals surface area (Å²) in [4.78, 5) is 16.4. The van der Waals surface area contributed by atoms with Crippen LogP contribution in [0.3, 0.4) is 0 Å². The highest BCUT2D eigenvalue weighted by Gasteiger charge is 2.32. The van der Waals surface area contributed by atoms with Gasteiger partial charge < -0.3 is 19.5 Å². The number of hydrogen-bond acceptors (Lipinski definition) is 6. The number of amides is 1. The van der Waals surface area contributed by atoms with Gasteiger partial charge in [-0.05, 0) is 36.0 Å². The van der Waals surface area contributed by atoms with Crippen molar-refractivity contribution in [2.75, 3.05) is 39.8 Å². The summed E-state index contributed by atoms with van der Waals surface area (Å²) in [6.45, 7) is 3.67. The normalized spacial score (nSPS) is 22.3. The van der Waals surface area contributed by atoms with Crippen LogP contribution in [0.5, 0.6) is 11.5 Å². The van der Waals surface area contributed by atoms with E-state index in [0.29, 0.717) is 42.2 Å². The molecule has 0 saturated carbocycles. The summed E-state index contributed by atoms with van der Waals surface area (Å²) >= 11 is 5.31. The predicted molar refractivity (Wildman–Crippen MR) is 90.4 cm³/mol. The summed E-state index contributed by atoms with van der Waals surface area (Å²) < 4.78 is 16.0. The minimum atomic E-state index is -0.121. The van der Waals surface area contributed by atoms with Crippen LogP contribution in [0, 0.1) is 0 Å². The highest BCUT2D eigenvalue weighted by atomic mass is 32.1. The lowest BCUT2D eigenvalue weighted by atomic mass is 10.1. The molecule has 0 aliphatic carbocycles. The largest absolute Gasteiger partial charge is 0.454 e. The second-order valence-corrected chi connectivity index (χ2v) is 6.09. The number of rotatable bonds is 3. The standard InChI is InChI=1S/C16H17N3O4S/c20-15-12(7-11-1-2-13-14(8-11)23-10-22-13)17-16(24)19(15)9-18-3-5-21-6-4-18/h1-2,7-8H,3-6,9-10H2,(H,17,24)/b12-7-. The third-order valence-corrected chi connectivity index (χ3v) is 4.44. The first kappa shape index (κ1) is 15.4. The smallest absolute Gasteiger partial charge is 0.277 e. The van der Waals surface area contributed by atoms with E-state index in [1.165, 1.54) is 0 Å². The number of ether oxygens (including phenoxy) is 3. The molecule has 8 heteroatoms. The van der Waals surface area contributed by atoms with Crippen molar-refractivity contribution >= 4 is 29.3 Å². The predicted octanol–water partition coefficient (Wildman–Crippen LogP) is 0.763. The second kappa shape index (κ2) is 6.39. The monoisotopic (exact) mass is 347 g/mol. The molecule has 0 bridgehead atoms. The Kier molecular flexibility index (Phi) is 4.09. The molecule has 0 atom stereocenters. The molecule has 0 radical (unpaired) electrons. The van der Waals surface area contributed by atoms with Gasteiger partial charge in [0, 0.05) is 13.1 Å². The van der Waals surface area contributed by atoms with Crippen molar-refractivity contribution in [3.63, 3.8) is 0 Å². The van der Waals surface area contributed by atoms with Crippen molar-refractivity contribution in [2.45, 2.75) is 0 Å². The van der Waals surface area contributed by atoms with Crippen molar-refractivity contribution < 1.29 is 19.0 Å². The Morgan fingerprint density at radius 2 is 2.00 bits per heavy atom. The van der Waals surface area contributed by atoms with Gasteiger partial charge in [-0.2, -0.15) is 0 Å². The van der Waals surface area contributed by atoms with Gasteiger partial charge in [0.1, 0.15) is 5.70 Å². The molecule has 3 aliphatic heterocycles. The molecule has 2 saturated heterocycles. The first-order chi connectivity index (χ1) is 11.7. The molecule has 126 valence electrons. The minimum absolute atomic E-state index is 0.121. The zero-order valence-electron chi connectivity index (χ0n) is 13.0. The van der Waals surface area contributed by atoms with Crippen LogP contribution in [0.2, 0.25) is 0 Å². The highest BCUT2D eigenvalue weighted by molar-refractivity contribution is 7.80. The fourth-order valence-electron chi connectivity index (χ4n) is 2.81. The van der Waals surface area contributed by atoms with E-state index in [9.17, 15) is 4.79 Å². The van der Waals surface area contributed by atoms with E-state index < -0.39 is 0 Å². The van der Waals surface area contributed by atoms with E-state index >= 15 is 0 Å². The molecular formula is C16H17N3O4S. The fourth-order valence-corrected chi connectivity index (χ4v) is 3.06. The van der Waals surface area contributed by atoms with Gasteiger partial charge in [0.25, 0.3) is 5.91 Å². The molecule has 0 spiro atoms. The Morgan fingerprint density at radius 1 is 1.21 bits per heavy atom. The molecule has 0 aromatic heterocycles. The molecule has 7 nitrogen and oxygen atoms in total. The molecule has 1 aromatic carbocycles. The van der Waals surface area contributed by atoms with E-state index in [2.05, 4.69) is 10.2 Å². The number of carbonyl (C=O) groups excluding carboxylic acids is 1. The lowest BCUT2D eigenvalue weighted by Gasteiger charge is -2.29. The van der Waals surface area contributed by atoms with Gasteiger partial charge in [0.15, 0.2) is 16.6 Å². The van der Waals surface area contributed by atoms with Gasteiger partial charge in [-0.3, -0.25) is 14.6 Å². The molecule has 1 N–H and O–H groups in total. The van der Waals surface area contributed by atoms with Crippen LogP contribution in [-0.2, 0) is 9.53 Å². The summed E-state index contributed by atoms with van der Waals surface area (Å²) in [5, 5.41) is 3.43. The highest BCUT2D eigenvalue weighted by Crippen LogP contribution is 2.33. The maximum Gasteiger partial charge on any atom is 0.277 e. The second-order valence-electron chi connectivity index (χ2n) is 5.71. The van der Waals surface area contributed by atoms with E-state index in [-0.39, 0.29) is 12.7 Å². The quantitative estimate of drug-likeness (QED) is 0.640. The van der Waals surface area contributed by atoms with Crippen LogP contribution in [0.4, 0.5) is 0 Å². The average molecular weight is 347 g/mol. The SMILES string of the molecule is O=C1/C(=C/c2ccc3c(c2)OCO3)NC(=S)N1CN1CCOCC1. The zero-order valence-corrected chi connectivity index (χ0v) is 13.8. The summed E-state index contributed by atoms with van der Waals surface area (Å²) in [6, 6.07) is 5.55. The maximum absolute atomic E-state index is 12.6. The van der Waals surface area contributed by atoms with Crippen LogP contribution in [0.25, 0.3) is 6.08 Å². The van der Waals surface area contributed by atoms with Crippen LogP contribution in [0.1, 0.15) is 5.56 Å². The summed E-state index contributed by atoms with van der Waals surface area (Å²) in [7, 11) is 0. The van der Waals surface area contributed by atoms with Gasteiger partial charge in [0.05, 0.1) is 19.9 Å². The molecule has 4 rings (SSSR count). The maximum atomic E-state index is 12.6. The Labute approximate surface area is 144 Å². The third kappa shape index (κ3) is 2.95. The number of hydrogen-bond donors (Lipinski definition) is 1. The molecule has 3 aliphatic rings. The van der Waals surface area contributed by atoms with E-state index in [4.69, 9.17) is 26.4 Å². The third-order valence-electron chi connectivity index (χ3n) is 4.12. The van der Waals surface area contributed by atoms with Crippen molar-refractivity contribution in [3.8, 4) is 11.5 Å². The average Bonchev–Trinajstić information content (AvgIpc) is 3.16. The molecular weight excluding hydrogens is 330 g/mol. The van der Waals surface area contributed by atoms with Gasteiger partial charge in [-0.15, -0.1) is 0 Å². The topological polar surface area (TPSA) is 63.3 Å². The van der Waals surface area contributed by atoms with Gasteiger partial charge in [0.2, 0.25) is 6.79 Å². The summed E-state index contributed by atoms with van der Waals surface area (Å²) in [5.74, 6) is 1.28. The van der Waals surface area contributed by atoms with Crippen LogP contribution >= 0.6 is 12.2 Å². The Hall–Kier alpha value is -2.16. The molecule has 1 amide bonds. The minimum Gasteiger partial charge on any atom is -0.454 e. The number of nitrogens with one attached hydrogen (secondary N) is 1. The number of morpholine rings is 1. The summed E-state index contributed by atoms with van der Waals surface area (Å²) in [6.07, 6.45) is 1.77. The lowest BCUT2D eigenvalue weighted by Crippen LogP contribution is -2.46. The number of fused-ring (bicyclic) bond motifs is 1. The Bertz CT molecular complexity index is 715. The molecule has 0 unspecified atom stereocenters. The van der Waals surface area contributed by atoms with Crippen LogP contribution < -0.4 is 14.8 Å². The van der Waals surface area contributed by atoms with Crippen molar-refractivity contribution in [1.82, 2.24) is 15.1 Å². The molecule has 2 fully saturated rings. The van der Waals surface area contributed by atoms with E-state index in [1.807, 2.05) is 18.2 Å². The number of benzene rings is 1. The van der Waals surface area contributed by atoms with Crippen LogP contribution in [-0.4, -0.2) is 60.6 Å². The number of thiocarbonyl (C=S) groups is 1. The zero-order chi connectivity index (χ0) is 16.5. The number of carbonyl (C=O) groups is 1. The Balaban J connectivity index is 1.50. The first-order valence-corrected chi connectivity index (χ1v) is 8.16. The lowest BCUT2D eigenvalue weighted by molar-refractivity contribution is -0.124. The van der Waals surface area contributed by atoms with Gasteiger partial charge in [-0.25, -0.2) is 0 Å². The fraction of sp³-hybridized carbons (Fsp3) is 0.375. The molecule has 24 heavy (non-hydrogen) atoms. The van der Waals surface area contributed by atoms with Crippen molar-refractivity contribution in [1.29, 1.82) is 0 Å². The number of nitrogens with zero attached hydrogens (tertiary/aromatic N) is 2. The van der Waals surface area contributed by atoms with Gasteiger partial charge >= 0.3 is 0 Å². The molecule has 3 heterocycles.